The predicted molar refractivity (Wildman–Crippen MR) is 134 cm³/mol. The zero-order valence-electron chi connectivity index (χ0n) is 19.1. The molecule has 2 aromatic carbocycles. The van der Waals surface area contributed by atoms with Crippen LogP contribution in [0.3, 0.4) is 0 Å². The summed E-state index contributed by atoms with van der Waals surface area (Å²) in [7, 11) is 0. The Labute approximate surface area is 208 Å². The second-order valence-corrected chi connectivity index (χ2v) is 9.21. The largest absolute Gasteiger partial charge is 0.490 e. The molecule has 0 aliphatic carbocycles. The van der Waals surface area contributed by atoms with Crippen LogP contribution in [0.2, 0.25) is 5.02 Å². The smallest absolute Gasteiger partial charge is 0.255 e. The molecule has 2 aliphatic heterocycles. The zero-order valence-corrected chi connectivity index (χ0v) is 19.9. The van der Waals surface area contributed by atoms with Crippen molar-refractivity contribution in [1.82, 2.24) is 15.1 Å². The predicted octanol–water partition coefficient (Wildman–Crippen LogP) is 3.89. The van der Waals surface area contributed by atoms with Crippen molar-refractivity contribution in [1.29, 1.82) is 0 Å². The van der Waals surface area contributed by atoms with Gasteiger partial charge in [0, 0.05) is 44.7 Å². The van der Waals surface area contributed by atoms with Crippen molar-refractivity contribution in [2.45, 2.75) is 18.9 Å². The molecule has 0 atom stereocenters. The normalized spacial score (nSPS) is 16.5. The van der Waals surface area contributed by atoms with Crippen LogP contribution < -0.4 is 15.0 Å². The molecule has 1 N–H and O–H groups in total. The molecule has 0 bridgehead atoms. The van der Waals surface area contributed by atoms with Gasteiger partial charge < -0.3 is 19.9 Å². The lowest BCUT2D eigenvalue weighted by molar-refractivity contribution is -0.120. The van der Waals surface area contributed by atoms with Crippen LogP contribution >= 0.6 is 11.6 Å². The number of amides is 2. The van der Waals surface area contributed by atoms with Crippen LogP contribution in [0.1, 0.15) is 23.2 Å². The maximum absolute atomic E-state index is 12.7. The number of carbonyl (C=O) groups is 2. The first-order chi connectivity index (χ1) is 17.1. The number of nitrogens with one attached hydrogen (secondary N) is 1. The third-order valence-electron chi connectivity index (χ3n) is 6.44. The fourth-order valence-electron chi connectivity index (χ4n) is 4.36. The van der Waals surface area contributed by atoms with E-state index < -0.39 is 0 Å². The van der Waals surface area contributed by atoms with Gasteiger partial charge in [0.2, 0.25) is 5.91 Å². The monoisotopic (exact) mass is 491 g/mol. The molecule has 8 nitrogen and oxygen atoms in total. The van der Waals surface area contributed by atoms with Gasteiger partial charge in [0.25, 0.3) is 5.91 Å². The number of halogens is 1. The Hall–Kier alpha value is -3.65. The van der Waals surface area contributed by atoms with Gasteiger partial charge in [-0.3, -0.25) is 9.59 Å². The Morgan fingerprint density at radius 3 is 2.40 bits per heavy atom. The van der Waals surface area contributed by atoms with Crippen molar-refractivity contribution in [3.05, 3.63) is 77.6 Å². The van der Waals surface area contributed by atoms with E-state index in [4.69, 9.17) is 16.3 Å². The number of rotatable bonds is 6. The van der Waals surface area contributed by atoms with E-state index in [-0.39, 0.29) is 23.8 Å². The van der Waals surface area contributed by atoms with Gasteiger partial charge in [0.15, 0.2) is 0 Å². The summed E-state index contributed by atoms with van der Waals surface area (Å²) in [6, 6.07) is 16.5. The molecule has 2 aliphatic rings. The summed E-state index contributed by atoms with van der Waals surface area (Å²) in [6.07, 6.45) is 4.89. The van der Waals surface area contributed by atoms with E-state index in [1.165, 1.54) is 0 Å². The zero-order chi connectivity index (χ0) is 24.2. The molecule has 5 rings (SSSR count). The highest BCUT2D eigenvalue weighted by molar-refractivity contribution is 6.33. The lowest BCUT2D eigenvalue weighted by Crippen LogP contribution is -2.52. The SMILES string of the molecule is O=C(Nc1ccc(OC2CCN(C(=O)c3ccccc3Cl)CC2)cc1)C1CN(c2ccnnc2)C1. The minimum absolute atomic E-state index is 0.00694. The fraction of sp³-hybridized carbons (Fsp3) is 0.308. The fourth-order valence-corrected chi connectivity index (χ4v) is 4.58. The van der Waals surface area contributed by atoms with Crippen molar-refractivity contribution in [3.8, 4) is 5.75 Å². The number of likely N-dealkylation sites (tertiary alicyclic amines) is 1. The van der Waals surface area contributed by atoms with Gasteiger partial charge >= 0.3 is 0 Å². The quantitative estimate of drug-likeness (QED) is 0.563. The first-order valence-electron chi connectivity index (χ1n) is 11.7. The van der Waals surface area contributed by atoms with E-state index in [0.717, 1.165) is 30.0 Å². The second-order valence-electron chi connectivity index (χ2n) is 8.81. The van der Waals surface area contributed by atoms with Gasteiger partial charge in [-0.1, -0.05) is 23.7 Å². The number of nitrogens with zero attached hydrogens (tertiary/aromatic N) is 4. The third-order valence-corrected chi connectivity index (χ3v) is 6.77. The minimum Gasteiger partial charge on any atom is -0.490 e. The Morgan fingerprint density at radius 1 is 0.971 bits per heavy atom. The molecule has 2 saturated heterocycles. The standard InChI is InChI=1S/C26H26ClN5O3/c27-24-4-2-1-3-23(24)26(34)31-13-10-22(11-14-31)35-21-7-5-19(6-8-21)30-25(33)18-16-32(17-18)20-9-12-28-29-15-20/h1-9,12,15,18,22H,10-11,13-14,16-17H2,(H,30,33). The topological polar surface area (TPSA) is 87.7 Å². The highest BCUT2D eigenvalue weighted by atomic mass is 35.5. The lowest BCUT2D eigenvalue weighted by atomic mass is 9.98. The Morgan fingerprint density at radius 2 is 1.71 bits per heavy atom. The average Bonchev–Trinajstić information content (AvgIpc) is 2.85. The number of hydrogen-bond acceptors (Lipinski definition) is 6. The van der Waals surface area contributed by atoms with Crippen LogP contribution in [0.15, 0.2) is 67.0 Å². The van der Waals surface area contributed by atoms with E-state index in [1.54, 1.807) is 24.5 Å². The van der Waals surface area contributed by atoms with Crippen molar-refractivity contribution in [2.24, 2.45) is 5.92 Å². The molecule has 0 unspecified atom stereocenters. The molecule has 9 heteroatoms. The van der Waals surface area contributed by atoms with Gasteiger partial charge in [-0.25, -0.2) is 0 Å². The summed E-state index contributed by atoms with van der Waals surface area (Å²) in [6.45, 7) is 2.57. The molecule has 0 radical (unpaired) electrons. The minimum atomic E-state index is -0.0576. The molecule has 3 aromatic rings. The molecule has 180 valence electrons. The maximum atomic E-state index is 12.7. The summed E-state index contributed by atoms with van der Waals surface area (Å²) >= 11 is 6.17. The number of piperidine rings is 1. The molecule has 2 amide bonds. The Kier molecular flexibility index (Phi) is 6.81. The van der Waals surface area contributed by atoms with Gasteiger partial charge in [0.05, 0.1) is 34.6 Å². The van der Waals surface area contributed by atoms with Gasteiger partial charge in [-0.2, -0.15) is 10.2 Å². The molecule has 1 aromatic heterocycles. The van der Waals surface area contributed by atoms with Crippen molar-refractivity contribution in [3.63, 3.8) is 0 Å². The highest BCUT2D eigenvalue weighted by Gasteiger charge is 2.33. The van der Waals surface area contributed by atoms with Gasteiger partial charge in [-0.15, -0.1) is 0 Å². The summed E-state index contributed by atoms with van der Waals surface area (Å²) in [4.78, 5) is 29.2. The molecule has 2 fully saturated rings. The average molecular weight is 492 g/mol. The molecular formula is C26H26ClN5O3. The highest BCUT2D eigenvalue weighted by Crippen LogP contribution is 2.26. The van der Waals surface area contributed by atoms with Crippen LogP contribution in [-0.2, 0) is 4.79 Å². The van der Waals surface area contributed by atoms with Crippen molar-refractivity contribution in [2.75, 3.05) is 36.4 Å². The summed E-state index contributed by atoms with van der Waals surface area (Å²) in [5, 5.41) is 11.1. The van der Waals surface area contributed by atoms with Crippen LogP contribution in [0, 0.1) is 5.92 Å². The number of ether oxygens (including phenoxy) is 1. The van der Waals surface area contributed by atoms with Crippen LogP contribution in [0.25, 0.3) is 0 Å². The number of aromatic nitrogens is 2. The first kappa shape index (κ1) is 23.1. The number of benzene rings is 2. The van der Waals surface area contributed by atoms with Crippen molar-refractivity contribution >= 4 is 34.8 Å². The van der Waals surface area contributed by atoms with E-state index in [2.05, 4.69) is 20.4 Å². The summed E-state index contributed by atoms with van der Waals surface area (Å²) < 4.78 is 6.12. The summed E-state index contributed by atoms with van der Waals surface area (Å²) in [5.41, 5.74) is 2.26. The Bertz CT molecular complexity index is 1180. The maximum Gasteiger partial charge on any atom is 0.255 e. The van der Waals surface area contributed by atoms with Crippen LogP contribution in [0.4, 0.5) is 11.4 Å². The van der Waals surface area contributed by atoms with E-state index in [0.29, 0.717) is 36.8 Å². The Balaban J connectivity index is 1.07. The second kappa shape index (κ2) is 10.3. The molecule has 0 spiro atoms. The van der Waals surface area contributed by atoms with E-state index in [1.807, 2.05) is 47.4 Å². The number of anilines is 2. The van der Waals surface area contributed by atoms with E-state index in [9.17, 15) is 9.59 Å². The number of carbonyl (C=O) groups excluding carboxylic acids is 2. The molecule has 3 heterocycles. The molecular weight excluding hydrogens is 466 g/mol. The molecule has 0 saturated carbocycles. The van der Waals surface area contributed by atoms with Gasteiger partial charge in [-0.05, 0) is 42.5 Å². The van der Waals surface area contributed by atoms with Gasteiger partial charge in [0.1, 0.15) is 11.9 Å². The third kappa shape index (κ3) is 5.38. The number of hydrogen-bond donors (Lipinski definition) is 1. The van der Waals surface area contributed by atoms with Crippen LogP contribution in [0.5, 0.6) is 5.75 Å². The first-order valence-corrected chi connectivity index (χ1v) is 12.1. The lowest BCUT2D eigenvalue weighted by Gasteiger charge is -2.39. The molecule has 35 heavy (non-hydrogen) atoms. The summed E-state index contributed by atoms with van der Waals surface area (Å²) in [5.74, 6) is 0.658. The van der Waals surface area contributed by atoms with E-state index >= 15 is 0 Å². The van der Waals surface area contributed by atoms with Crippen molar-refractivity contribution < 1.29 is 14.3 Å². The van der Waals surface area contributed by atoms with Crippen LogP contribution in [-0.4, -0.2) is 59.2 Å².